The van der Waals surface area contributed by atoms with Crippen molar-refractivity contribution in [3.63, 3.8) is 0 Å². The van der Waals surface area contributed by atoms with Gasteiger partial charge in [-0.05, 0) is 13.8 Å². The molecule has 1 amide bonds. The second kappa shape index (κ2) is 5.45. The number of morpholine rings is 1. The second-order valence-electron chi connectivity index (χ2n) is 6.16. The summed E-state index contributed by atoms with van der Waals surface area (Å²) in [5.74, 6) is 1.89. The van der Waals surface area contributed by atoms with Crippen LogP contribution in [-0.2, 0) is 9.53 Å². The molecular formula is C15H20N6O2. The van der Waals surface area contributed by atoms with Crippen LogP contribution in [0.2, 0.25) is 0 Å². The van der Waals surface area contributed by atoms with Gasteiger partial charge in [-0.25, -0.2) is 4.98 Å². The fraction of sp³-hybridized carbons (Fsp3) is 0.600. The normalized spacial score (nSPS) is 19.2. The number of fused-ring (bicyclic) bond motifs is 1. The minimum absolute atomic E-state index is 0.0551. The molecule has 4 rings (SSSR count). The van der Waals surface area contributed by atoms with Gasteiger partial charge in [-0.1, -0.05) is 0 Å². The average Bonchev–Trinajstić information content (AvgIpc) is 2.98. The largest absolute Gasteiger partial charge is 0.378 e. The highest BCUT2D eigenvalue weighted by molar-refractivity contribution is 5.82. The van der Waals surface area contributed by atoms with E-state index in [0.717, 1.165) is 30.2 Å². The minimum Gasteiger partial charge on any atom is -0.378 e. The number of carbonyl (C=O) groups is 1. The van der Waals surface area contributed by atoms with Gasteiger partial charge >= 0.3 is 0 Å². The van der Waals surface area contributed by atoms with Crippen LogP contribution in [0.3, 0.4) is 0 Å². The molecule has 8 heteroatoms. The van der Waals surface area contributed by atoms with Crippen molar-refractivity contribution < 1.29 is 9.53 Å². The Morgan fingerprint density at radius 1 is 1.26 bits per heavy atom. The van der Waals surface area contributed by atoms with Crippen LogP contribution in [0.25, 0.3) is 5.78 Å². The van der Waals surface area contributed by atoms with Crippen molar-refractivity contribution in [3.8, 4) is 0 Å². The van der Waals surface area contributed by atoms with Gasteiger partial charge in [0, 0.05) is 37.4 Å². The first-order valence-corrected chi connectivity index (χ1v) is 7.93. The molecule has 2 aliphatic heterocycles. The molecule has 8 nitrogen and oxygen atoms in total. The Labute approximate surface area is 134 Å². The van der Waals surface area contributed by atoms with Gasteiger partial charge in [0.1, 0.15) is 12.1 Å². The maximum atomic E-state index is 12.5. The number of aromatic nitrogens is 4. The molecule has 0 bridgehead atoms. The van der Waals surface area contributed by atoms with E-state index >= 15 is 0 Å². The summed E-state index contributed by atoms with van der Waals surface area (Å²) in [6, 6.07) is 0. The summed E-state index contributed by atoms with van der Waals surface area (Å²) in [4.78, 5) is 25.2. The highest BCUT2D eigenvalue weighted by Crippen LogP contribution is 2.29. The van der Waals surface area contributed by atoms with Crippen molar-refractivity contribution in [1.82, 2.24) is 24.5 Å². The standard InChI is InChI=1S/C15H20N6O2/c1-10-11(2)18-15-16-9-17-21(15)13(10)20-7-12(8-20)14(22)19-3-5-23-6-4-19/h9,12H,3-8H2,1-2H3. The highest BCUT2D eigenvalue weighted by atomic mass is 16.5. The van der Waals surface area contributed by atoms with Crippen LogP contribution in [0.1, 0.15) is 11.3 Å². The van der Waals surface area contributed by atoms with Gasteiger partial charge in [-0.3, -0.25) is 4.79 Å². The third kappa shape index (κ3) is 2.33. The van der Waals surface area contributed by atoms with E-state index in [0.29, 0.717) is 32.1 Å². The summed E-state index contributed by atoms with van der Waals surface area (Å²) in [6.45, 7) is 8.14. The zero-order chi connectivity index (χ0) is 16.0. The van der Waals surface area contributed by atoms with E-state index < -0.39 is 0 Å². The summed E-state index contributed by atoms with van der Waals surface area (Å²) < 4.78 is 7.07. The maximum Gasteiger partial charge on any atom is 0.254 e. The van der Waals surface area contributed by atoms with E-state index in [1.165, 1.54) is 6.33 Å². The van der Waals surface area contributed by atoms with Crippen LogP contribution in [0.4, 0.5) is 5.82 Å². The third-order valence-corrected chi connectivity index (χ3v) is 4.73. The number of aryl methyl sites for hydroxylation is 1. The van der Waals surface area contributed by atoms with Crippen LogP contribution < -0.4 is 4.90 Å². The van der Waals surface area contributed by atoms with Crippen LogP contribution in [-0.4, -0.2) is 69.8 Å². The average molecular weight is 316 g/mol. The van der Waals surface area contributed by atoms with Gasteiger partial charge in [0.25, 0.3) is 5.78 Å². The smallest absolute Gasteiger partial charge is 0.254 e. The van der Waals surface area contributed by atoms with Gasteiger partial charge in [0.05, 0.1) is 19.1 Å². The molecule has 2 aliphatic rings. The SMILES string of the molecule is Cc1nc2ncnn2c(N2CC(C(=O)N3CCOCC3)C2)c1C. The molecular weight excluding hydrogens is 296 g/mol. The maximum absolute atomic E-state index is 12.5. The summed E-state index contributed by atoms with van der Waals surface area (Å²) >= 11 is 0. The quantitative estimate of drug-likeness (QED) is 0.778. The number of carbonyl (C=O) groups excluding carboxylic acids is 1. The van der Waals surface area contributed by atoms with Gasteiger partial charge < -0.3 is 14.5 Å². The molecule has 2 fully saturated rings. The summed E-state index contributed by atoms with van der Waals surface area (Å²) in [7, 11) is 0. The van der Waals surface area contributed by atoms with E-state index in [1.54, 1.807) is 4.52 Å². The number of ether oxygens (including phenoxy) is 1. The lowest BCUT2D eigenvalue weighted by atomic mass is 9.97. The van der Waals surface area contributed by atoms with Crippen LogP contribution in [0, 0.1) is 19.8 Å². The van der Waals surface area contributed by atoms with Gasteiger partial charge in [-0.2, -0.15) is 14.6 Å². The zero-order valence-corrected chi connectivity index (χ0v) is 13.4. The van der Waals surface area contributed by atoms with Gasteiger partial charge in [0.2, 0.25) is 5.91 Å². The Morgan fingerprint density at radius 2 is 2.00 bits per heavy atom. The molecule has 2 saturated heterocycles. The zero-order valence-electron chi connectivity index (χ0n) is 13.4. The topological polar surface area (TPSA) is 75.9 Å². The molecule has 4 heterocycles. The Morgan fingerprint density at radius 3 is 2.74 bits per heavy atom. The summed E-state index contributed by atoms with van der Waals surface area (Å²) in [5, 5.41) is 4.27. The van der Waals surface area contributed by atoms with Crippen molar-refractivity contribution >= 4 is 17.5 Å². The van der Waals surface area contributed by atoms with Crippen molar-refractivity contribution in [2.24, 2.45) is 5.92 Å². The van der Waals surface area contributed by atoms with E-state index in [2.05, 4.69) is 20.0 Å². The van der Waals surface area contributed by atoms with E-state index in [-0.39, 0.29) is 11.8 Å². The second-order valence-corrected chi connectivity index (χ2v) is 6.16. The predicted octanol–water partition coefficient (Wildman–Crippen LogP) is 0.0361. The molecule has 23 heavy (non-hydrogen) atoms. The lowest BCUT2D eigenvalue weighted by Crippen LogP contribution is -2.57. The number of hydrogen-bond acceptors (Lipinski definition) is 6. The molecule has 0 atom stereocenters. The number of anilines is 1. The molecule has 2 aromatic rings. The number of nitrogens with zero attached hydrogens (tertiary/aromatic N) is 6. The number of amides is 1. The lowest BCUT2D eigenvalue weighted by Gasteiger charge is -2.43. The molecule has 0 aliphatic carbocycles. The fourth-order valence-corrected chi connectivity index (χ4v) is 3.24. The van der Waals surface area contributed by atoms with Crippen LogP contribution in [0.5, 0.6) is 0 Å². The molecule has 0 spiro atoms. The molecule has 0 N–H and O–H groups in total. The Hall–Kier alpha value is -2.22. The highest BCUT2D eigenvalue weighted by Gasteiger charge is 2.37. The minimum atomic E-state index is 0.0551. The Bertz CT molecular complexity index is 746. The molecule has 122 valence electrons. The molecule has 0 radical (unpaired) electrons. The summed E-state index contributed by atoms with van der Waals surface area (Å²) in [5.41, 5.74) is 2.03. The van der Waals surface area contributed by atoms with Crippen molar-refractivity contribution in [2.45, 2.75) is 13.8 Å². The van der Waals surface area contributed by atoms with Gasteiger partial charge in [0.15, 0.2) is 0 Å². The lowest BCUT2D eigenvalue weighted by molar-refractivity contribution is -0.140. The first-order chi connectivity index (χ1) is 11.1. The fourth-order valence-electron chi connectivity index (χ4n) is 3.24. The van der Waals surface area contributed by atoms with Crippen molar-refractivity contribution in [2.75, 3.05) is 44.3 Å². The molecule has 2 aromatic heterocycles. The molecule has 0 unspecified atom stereocenters. The van der Waals surface area contributed by atoms with Crippen LogP contribution >= 0.6 is 0 Å². The van der Waals surface area contributed by atoms with E-state index in [4.69, 9.17) is 4.74 Å². The summed E-state index contributed by atoms with van der Waals surface area (Å²) in [6.07, 6.45) is 1.51. The molecule has 0 aromatic carbocycles. The predicted molar refractivity (Wildman–Crippen MR) is 83.4 cm³/mol. The third-order valence-electron chi connectivity index (χ3n) is 4.73. The first kappa shape index (κ1) is 14.4. The number of rotatable bonds is 2. The monoisotopic (exact) mass is 316 g/mol. The molecule has 0 saturated carbocycles. The Balaban J connectivity index is 1.53. The van der Waals surface area contributed by atoms with E-state index in [1.807, 2.05) is 18.7 Å². The van der Waals surface area contributed by atoms with Crippen molar-refractivity contribution in [3.05, 3.63) is 17.6 Å². The van der Waals surface area contributed by atoms with Crippen LogP contribution in [0.15, 0.2) is 6.33 Å². The van der Waals surface area contributed by atoms with E-state index in [9.17, 15) is 4.79 Å². The Kier molecular flexibility index (Phi) is 3.41. The van der Waals surface area contributed by atoms with Crippen molar-refractivity contribution in [1.29, 1.82) is 0 Å². The number of hydrogen-bond donors (Lipinski definition) is 0. The van der Waals surface area contributed by atoms with Gasteiger partial charge in [-0.15, -0.1) is 0 Å². The first-order valence-electron chi connectivity index (χ1n) is 7.93.